The molecule has 0 saturated carbocycles. The van der Waals surface area contributed by atoms with Crippen molar-refractivity contribution in [3.63, 3.8) is 0 Å². The molecule has 0 aliphatic carbocycles. The lowest BCUT2D eigenvalue weighted by Gasteiger charge is -2.32. The van der Waals surface area contributed by atoms with Gasteiger partial charge in [-0.05, 0) is 39.3 Å². The number of piperidine rings is 1. The number of aromatic amines is 1. The maximum atomic E-state index is 4.72. The number of aromatic nitrogens is 5. The summed E-state index contributed by atoms with van der Waals surface area (Å²) in [5.74, 6) is 2.04. The van der Waals surface area contributed by atoms with Gasteiger partial charge in [-0.2, -0.15) is 5.10 Å². The molecule has 0 aromatic carbocycles. The van der Waals surface area contributed by atoms with E-state index in [1.165, 1.54) is 6.42 Å². The number of nitrogens with zero attached hydrogens (tertiary/aromatic N) is 5. The van der Waals surface area contributed by atoms with E-state index in [2.05, 4.69) is 36.4 Å². The molecule has 1 atom stereocenters. The number of hydrogen-bond acceptors (Lipinski definition) is 7. The van der Waals surface area contributed by atoms with Crippen LogP contribution in [-0.2, 0) is 6.54 Å². The van der Waals surface area contributed by atoms with Gasteiger partial charge in [0.05, 0.1) is 11.4 Å². The van der Waals surface area contributed by atoms with Crippen LogP contribution in [0.5, 0.6) is 0 Å². The van der Waals surface area contributed by atoms with Gasteiger partial charge in [0, 0.05) is 42.3 Å². The van der Waals surface area contributed by atoms with Crippen LogP contribution in [0.4, 0.5) is 10.9 Å². The van der Waals surface area contributed by atoms with Gasteiger partial charge in [-0.1, -0.05) is 0 Å². The molecule has 8 heteroatoms. The van der Waals surface area contributed by atoms with Crippen LogP contribution in [0.3, 0.4) is 0 Å². The molecule has 0 spiro atoms. The molecule has 0 unspecified atom stereocenters. The third-order valence-electron chi connectivity index (χ3n) is 4.59. The lowest BCUT2D eigenvalue weighted by atomic mass is 9.94. The van der Waals surface area contributed by atoms with Crippen molar-refractivity contribution in [2.75, 3.05) is 18.4 Å². The Hall–Kier alpha value is -2.32. The van der Waals surface area contributed by atoms with E-state index < -0.39 is 0 Å². The van der Waals surface area contributed by atoms with Gasteiger partial charge in [-0.3, -0.25) is 10.00 Å². The van der Waals surface area contributed by atoms with Crippen LogP contribution in [0.25, 0.3) is 0 Å². The van der Waals surface area contributed by atoms with Crippen molar-refractivity contribution in [3.8, 4) is 0 Å². The highest BCUT2D eigenvalue weighted by atomic mass is 32.1. The SMILES string of the molecule is Cc1csc(Nc2cc([C@@H]3CCCN(Cc4ccn[nH]4)C3)nc(C)n2)n1. The zero-order chi connectivity index (χ0) is 17.9. The number of thiazole rings is 1. The normalized spacial score (nSPS) is 18.2. The van der Waals surface area contributed by atoms with Crippen molar-refractivity contribution < 1.29 is 0 Å². The Morgan fingerprint density at radius 1 is 1.31 bits per heavy atom. The Morgan fingerprint density at radius 2 is 2.23 bits per heavy atom. The second-order valence-electron chi connectivity index (χ2n) is 6.80. The molecule has 3 aromatic heterocycles. The van der Waals surface area contributed by atoms with Crippen LogP contribution in [0.15, 0.2) is 23.7 Å². The standard InChI is InChI=1S/C18H23N7S/c1-12-11-26-18(20-12)23-17-8-16(21-13(2)22-17)14-4-3-7-25(9-14)10-15-5-6-19-24-15/h5-6,8,11,14H,3-4,7,9-10H2,1-2H3,(H,19,24)(H,20,21,22,23)/t14-/m1/s1. The molecule has 7 nitrogen and oxygen atoms in total. The first-order chi connectivity index (χ1) is 12.7. The summed E-state index contributed by atoms with van der Waals surface area (Å²) < 4.78 is 0. The summed E-state index contributed by atoms with van der Waals surface area (Å²) in [5.41, 5.74) is 3.29. The molecule has 0 bridgehead atoms. The molecule has 3 aromatic rings. The van der Waals surface area contributed by atoms with Gasteiger partial charge in [-0.15, -0.1) is 11.3 Å². The number of hydrogen-bond donors (Lipinski definition) is 2. The highest BCUT2D eigenvalue weighted by molar-refractivity contribution is 7.13. The molecule has 4 rings (SSSR count). The molecule has 0 amide bonds. The van der Waals surface area contributed by atoms with E-state index in [0.29, 0.717) is 5.92 Å². The molecule has 1 aliphatic heterocycles. The average Bonchev–Trinajstić information content (AvgIpc) is 3.26. The maximum absolute atomic E-state index is 4.72. The number of anilines is 2. The summed E-state index contributed by atoms with van der Waals surface area (Å²) in [6, 6.07) is 4.12. The lowest BCUT2D eigenvalue weighted by molar-refractivity contribution is 0.196. The quantitative estimate of drug-likeness (QED) is 0.717. The summed E-state index contributed by atoms with van der Waals surface area (Å²) in [7, 11) is 0. The number of H-pyrrole nitrogens is 1. The van der Waals surface area contributed by atoms with E-state index in [-0.39, 0.29) is 0 Å². The summed E-state index contributed by atoms with van der Waals surface area (Å²) in [6.07, 6.45) is 4.14. The fourth-order valence-electron chi connectivity index (χ4n) is 3.44. The van der Waals surface area contributed by atoms with E-state index >= 15 is 0 Å². The van der Waals surface area contributed by atoms with E-state index in [1.54, 1.807) is 11.3 Å². The smallest absolute Gasteiger partial charge is 0.188 e. The lowest BCUT2D eigenvalue weighted by Crippen LogP contribution is -2.34. The highest BCUT2D eigenvalue weighted by Crippen LogP contribution is 2.28. The van der Waals surface area contributed by atoms with Crippen LogP contribution in [-0.4, -0.2) is 43.1 Å². The molecule has 136 valence electrons. The summed E-state index contributed by atoms with van der Waals surface area (Å²) >= 11 is 1.59. The monoisotopic (exact) mass is 369 g/mol. The minimum absolute atomic E-state index is 0.423. The van der Waals surface area contributed by atoms with Crippen LogP contribution < -0.4 is 5.32 Å². The molecular formula is C18H23N7S. The number of nitrogens with one attached hydrogen (secondary N) is 2. The molecule has 2 N–H and O–H groups in total. The Morgan fingerprint density at radius 3 is 3.00 bits per heavy atom. The first-order valence-corrected chi connectivity index (χ1v) is 9.79. The predicted octanol–water partition coefficient (Wildman–Crippen LogP) is 3.40. The first kappa shape index (κ1) is 17.1. The van der Waals surface area contributed by atoms with Crippen LogP contribution in [0, 0.1) is 13.8 Å². The summed E-state index contributed by atoms with van der Waals surface area (Å²) in [4.78, 5) is 16.2. The van der Waals surface area contributed by atoms with Gasteiger partial charge in [0.1, 0.15) is 11.6 Å². The van der Waals surface area contributed by atoms with Gasteiger partial charge < -0.3 is 5.32 Å². The van der Waals surface area contributed by atoms with Crippen LogP contribution in [0.1, 0.15) is 41.7 Å². The second kappa shape index (κ2) is 7.51. The van der Waals surface area contributed by atoms with E-state index in [4.69, 9.17) is 4.98 Å². The van der Waals surface area contributed by atoms with Crippen LogP contribution >= 0.6 is 11.3 Å². The molecule has 1 saturated heterocycles. The molecule has 1 aliphatic rings. The minimum atomic E-state index is 0.423. The van der Waals surface area contributed by atoms with Gasteiger partial charge >= 0.3 is 0 Å². The van der Waals surface area contributed by atoms with Gasteiger partial charge in [0.15, 0.2) is 5.13 Å². The van der Waals surface area contributed by atoms with Crippen molar-refractivity contribution in [1.29, 1.82) is 0 Å². The van der Waals surface area contributed by atoms with Crippen molar-refractivity contribution >= 4 is 22.3 Å². The molecule has 26 heavy (non-hydrogen) atoms. The predicted molar refractivity (Wildman–Crippen MR) is 103 cm³/mol. The zero-order valence-electron chi connectivity index (χ0n) is 15.1. The van der Waals surface area contributed by atoms with E-state index in [9.17, 15) is 0 Å². The van der Waals surface area contributed by atoms with E-state index in [0.717, 1.165) is 59.9 Å². The van der Waals surface area contributed by atoms with Crippen molar-refractivity contribution in [3.05, 3.63) is 46.6 Å². The van der Waals surface area contributed by atoms with Crippen LogP contribution in [0.2, 0.25) is 0 Å². The van der Waals surface area contributed by atoms with Crippen molar-refractivity contribution in [1.82, 2.24) is 30.0 Å². The third-order valence-corrected chi connectivity index (χ3v) is 5.46. The topological polar surface area (TPSA) is 82.6 Å². The van der Waals surface area contributed by atoms with Crippen molar-refractivity contribution in [2.45, 2.75) is 39.2 Å². The van der Waals surface area contributed by atoms with Gasteiger partial charge in [0.25, 0.3) is 0 Å². The maximum Gasteiger partial charge on any atom is 0.188 e. The Balaban J connectivity index is 1.49. The summed E-state index contributed by atoms with van der Waals surface area (Å²) in [5, 5.41) is 13.3. The molecule has 1 fully saturated rings. The third kappa shape index (κ3) is 4.08. The number of aryl methyl sites for hydroxylation is 2. The van der Waals surface area contributed by atoms with Gasteiger partial charge in [-0.25, -0.2) is 15.0 Å². The fraction of sp³-hybridized carbons (Fsp3) is 0.444. The number of rotatable bonds is 5. The zero-order valence-corrected chi connectivity index (χ0v) is 15.9. The van der Waals surface area contributed by atoms with E-state index in [1.807, 2.05) is 31.5 Å². The average molecular weight is 369 g/mol. The molecular weight excluding hydrogens is 346 g/mol. The Kier molecular flexibility index (Phi) is 4.94. The Labute approximate surface area is 156 Å². The Bertz CT molecular complexity index is 858. The molecule has 4 heterocycles. The molecule has 0 radical (unpaired) electrons. The highest BCUT2D eigenvalue weighted by Gasteiger charge is 2.23. The van der Waals surface area contributed by atoms with Gasteiger partial charge in [0.2, 0.25) is 0 Å². The first-order valence-electron chi connectivity index (χ1n) is 8.91. The second-order valence-corrected chi connectivity index (χ2v) is 7.66. The largest absolute Gasteiger partial charge is 0.316 e. The summed E-state index contributed by atoms with van der Waals surface area (Å²) in [6.45, 7) is 6.97. The minimum Gasteiger partial charge on any atom is -0.316 e. The van der Waals surface area contributed by atoms with Crippen molar-refractivity contribution in [2.24, 2.45) is 0 Å². The number of likely N-dealkylation sites (tertiary alicyclic amines) is 1. The fourth-order valence-corrected chi connectivity index (χ4v) is 4.13.